The summed E-state index contributed by atoms with van der Waals surface area (Å²) in [7, 11) is 0. The summed E-state index contributed by atoms with van der Waals surface area (Å²) in [4.78, 5) is 23.7. The summed E-state index contributed by atoms with van der Waals surface area (Å²) in [6, 6.07) is 0. The van der Waals surface area contributed by atoms with Crippen LogP contribution in [0.4, 0.5) is 0 Å². The van der Waals surface area contributed by atoms with Crippen LogP contribution in [0.3, 0.4) is 0 Å². The normalized spacial score (nSPS) is 10.5. The average Bonchev–Trinajstić information content (AvgIpc) is 2.85. The van der Waals surface area contributed by atoms with Gasteiger partial charge in [0.1, 0.15) is 0 Å². The first kappa shape index (κ1) is 43.2. The van der Waals surface area contributed by atoms with Crippen molar-refractivity contribution in [3.63, 3.8) is 0 Å². The molecule has 0 N–H and O–H groups in total. The molecule has 0 aromatic carbocycles. The van der Waals surface area contributed by atoms with Crippen LogP contribution in [-0.2, 0) is 14.3 Å². The Morgan fingerprint density at radius 1 is 0.405 bits per heavy atom. The molecule has 0 aliphatic carbocycles. The van der Waals surface area contributed by atoms with Crippen LogP contribution < -0.4 is 80.9 Å². The van der Waals surface area contributed by atoms with E-state index in [-0.39, 0.29) is 95.7 Å². The van der Waals surface area contributed by atoms with Gasteiger partial charge in [0.25, 0.3) is 0 Å². The zero-order chi connectivity index (χ0) is 25.7. The fourth-order valence-corrected chi connectivity index (χ4v) is 4.80. The molecule has 0 fully saturated rings. The van der Waals surface area contributed by atoms with Gasteiger partial charge in [-0.3, -0.25) is 9.59 Å². The van der Waals surface area contributed by atoms with Gasteiger partial charge in [-0.05, 0) is 12.8 Å². The Morgan fingerprint density at radius 3 is 0.811 bits per heavy atom. The number of hydrogen-bond donors (Lipinski definition) is 0. The minimum atomic E-state index is -0.327. The molecular weight excluding hydrogens is 494 g/mol. The van der Waals surface area contributed by atoms with Gasteiger partial charge in [0.15, 0.2) is 0 Å². The third-order valence-electron chi connectivity index (χ3n) is 7.20. The van der Waals surface area contributed by atoms with E-state index in [2.05, 4.69) is 13.8 Å². The van der Waals surface area contributed by atoms with Crippen LogP contribution in [0.15, 0.2) is 0 Å². The van der Waals surface area contributed by atoms with Gasteiger partial charge < -0.3 is 7.59 Å². The van der Waals surface area contributed by atoms with Crippen molar-refractivity contribution in [3.8, 4) is 0 Å². The number of carbonyl (C=O) groups excluding carboxylic acids is 2. The zero-order valence-corrected chi connectivity index (χ0v) is 31.1. The first-order valence-corrected chi connectivity index (χ1v) is 15.9. The number of ether oxygens (including phenoxy) is 1. The molecule has 0 unspecified atom stereocenters. The van der Waals surface area contributed by atoms with Crippen molar-refractivity contribution in [2.45, 2.75) is 194 Å². The monoisotopic (exact) mass is 558 g/mol. The van der Waals surface area contributed by atoms with Crippen molar-refractivity contribution < 1.29 is 98.1 Å². The van der Waals surface area contributed by atoms with Crippen molar-refractivity contribution in [1.29, 1.82) is 0 Å². The molecule has 0 saturated carbocycles. The predicted molar refractivity (Wildman–Crippen MR) is 154 cm³/mol. The van der Waals surface area contributed by atoms with Crippen LogP contribution in [0, 0.1) is 0 Å². The Labute approximate surface area is 300 Å². The maximum atomic E-state index is 11.8. The summed E-state index contributed by atoms with van der Waals surface area (Å²) < 4.78 is 4.98. The fourth-order valence-electron chi connectivity index (χ4n) is 4.80. The molecule has 0 aliphatic heterocycles. The number of esters is 2. The smallest absolute Gasteiger partial charge is 1.00 e. The van der Waals surface area contributed by atoms with Gasteiger partial charge in [0.2, 0.25) is 0 Å². The second kappa shape index (κ2) is 37.8. The van der Waals surface area contributed by atoms with Crippen LogP contribution >= 0.6 is 0 Å². The van der Waals surface area contributed by atoms with E-state index in [0.29, 0.717) is 12.8 Å². The molecule has 0 atom stereocenters. The van der Waals surface area contributed by atoms with Crippen LogP contribution in [-0.4, -0.2) is 11.9 Å². The van der Waals surface area contributed by atoms with E-state index in [0.717, 1.165) is 25.7 Å². The minimum absolute atomic E-state index is 0. The Morgan fingerprint density at radius 2 is 0.595 bits per heavy atom. The second-order valence-corrected chi connectivity index (χ2v) is 10.8. The second-order valence-electron chi connectivity index (χ2n) is 10.8. The molecule has 212 valence electrons. The standard InChI is InChI=1S/C32H62O3.K.Na.2H/c1-3-5-7-9-11-13-15-16-17-18-20-22-24-26-28-30-32(34)35-31(33)29-27-25-23-21-19-14-12-10-8-6-4-2;;;;/h3-30H2,1-2H3;;;;/q;2*+1;2*-1. The Bertz CT molecular complexity index is 471. The molecular formula is C32H64KNaO3. The molecule has 0 aliphatic rings. The van der Waals surface area contributed by atoms with Crippen molar-refractivity contribution >= 4 is 11.9 Å². The molecule has 0 aromatic rings. The van der Waals surface area contributed by atoms with Gasteiger partial charge in [-0.2, -0.15) is 0 Å². The molecule has 0 rings (SSSR count). The quantitative estimate of drug-likeness (QED) is 0.0570. The van der Waals surface area contributed by atoms with Crippen LogP contribution in [0.2, 0.25) is 0 Å². The third-order valence-corrected chi connectivity index (χ3v) is 7.20. The Balaban J connectivity index is -0.000000963. The molecule has 0 radical (unpaired) electrons. The number of rotatable bonds is 28. The van der Waals surface area contributed by atoms with Crippen molar-refractivity contribution in [2.75, 3.05) is 0 Å². The number of unbranched alkanes of at least 4 members (excludes halogenated alkanes) is 24. The predicted octanol–water partition coefficient (Wildman–Crippen LogP) is 5.25. The summed E-state index contributed by atoms with van der Waals surface area (Å²) >= 11 is 0. The van der Waals surface area contributed by atoms with Crippen molar-refractivity contribution in [1.82, 2.24) is 0 Å². The van der Waals surface area contributed by atoms with E-state index in [1.165, 1.54) is 141 Å². The fraction of sp³-hybridized carbons (Fsp3) is 0.938. The summed E-state index contributed by atoms with van der Waals surface area (Å²) in [6.45, 7) is 4.53. The molecule has 0 bridgehead atoms. The molecule has 37 heavy (non-hydrogen) atoms. The average molecular weight is 559 g/mol. The summed E-state index contributed by atoms with van der Waals surface area (Å²) in [6.07, 6.45) is 34.3. The largest absolute Gasteiger partial charge is 1.00 e. The topological polar surface area (TPSA) is 43.4 Å². The van der Waals surface area contributed by atoms with Crippen LogP contribution in [0.5, 0.6) is 0 Å². The molecule has 0 amide bonds. The maximum absolute atomic E-state index is 11.8. The molecule has 5 heteroatoms. The van der Waals surface area contributed by atoms with E-state index >= 15 is 0 Å². The number of carbonyl (C=O) groups is 2. The molecule has 0 saturated heterocycles. The van der Waals surface area contributed by atoms with E-state index < -0.39 is 0 Å². The van der Waals surface area contributed by atoms with Crippen molar-refractivity contribution in [2.24, 2.45) is 0 Å². The summed E-state index contributed by atoms with van der Waals surface area (Å²) in [5.74, 6) is -0.653. The van der Waals surface area contributed by atoms with E-state index in [9.17, 15) is 9.59 Å². The van der Waals surface area contributed by atoms with Gasteiger partial charge in [-0.1, -0.05) is 168 Å². The van der Waals surface area contributed by atoms with Crippen LogP contribution in [0.1, 0.15) is 196 Å². The van der Waals surface area contributed by atoms with Crippen molar-refractivity contribution in [3.05, 3.63) is 0 Å². The van der Waals surface area contributed by atoms with Gasteiger partial charge in [-0.15, -0.1) is 0 Å². The Kier molecular flexibility index (Phi) is 44.1. The number of hydrogen-bond acceptors (Lipinski definition) is 3. The van der Waals surface area contributed by atoms with Gasteiger partial charge in [-0.25, -0.2) is 0 Å². The van der Waals surface area contributed by atoms with E-state index in [1.807, 2.05) is 0 Å². The molecule has 3 nitrogen and oxygen atoms in total. The molecule has 0 heterocycles. The first-order valence-electron chi connectivity index (χ1n) is 15.9. The van der Waals surface area contributed by atoms with E-state index in [4.69, 9.17) is 4.74 Å². The van der Waals surface area contributed by atoms with Gasteiger partial charge in [0.05, 0.1) is 0 Å². The summed E-state index contributed by atoms with van der Waals surface area (Å²) in [5, 5.41) is 0. The SMILES string of the molecule is CCCCCCCCCCCCCCCCCC(=O)OC(=O)CCCCCCCCCCCCC.[H-].[H-].[K+].[Na+]. The Hall–Kier alpha value is 1.78. The van der Waals surface area contributed by atoms with E-state index in [1.54, 1.807) is 0 Å². The maximum Gasteiger partial charge on any atom is 1.00 e. The molecule has 0 aromatic heterocycles. The minimum Gasteiger partial charge on any atom is -1.00 e. The van der Waals surface area contributed by atoms with Gasteiger partial charge >= 0.3 is 92.9 Å². The third kappa shape index (κ3) is 37.8. The van der Waals surface area contributed by atoms with Gasteiger partial charge in [0, 0.05) is 12.8 Å². The molecule has 0 spiro atoms. The first-order chi connectivity index (χ1) is 17.2. The zero-order valence-electron chi connectivity index (χ0n) is 28.0. The van der Waals surface area contributed by atoms with Crippen LogP contribution in [0.25, 0.3) is 0 Å². The summed E-state index contributed by atoms with van der Waals surface area (Å²) in [5.41, 5.74) is 0.